The van der Waals surface area contributed by atoms with E-state index in [1.165, 1.54) is 205 Å². The minimum Gasteiger partial charge on any atom is -0.462 e. The van der Waals surface area contributed by atoms with Gasteiger partial charge in [-0.25, -0.2) is 9.13 Å². The molecule has 19 heteroatoms. The number of carbonyl (C=O) groups is 4. The predicted molar refractivity (Wildman–Crippen MR) is 381 cm³/mol. The number of carbonyl (C=O) groups excluding carboxylic acids is 4. The van der Waals surface area contributed by atoms with E-state index < -0.39 is 97.5 Å². The van der Waals surface area contributed by atoms with E-state index in [2.05, 4.69) is 41.5 Å². The molecule has 0 amide bonds. The van der Waals surface area contributed by atoms with E-state index in [0.29, 0.717) is 31.6 Å². The molecule has 0 aliphatic carbocycles. The van der Waals surface area contributed by atoms with E-state index in [1.54, 1.807) is 0 Å². The minimum atomic E-state index is -4.96. The Labute approximate surface area is 575 Å². The molecular weight excluding hydrogens is 1230 g/mol. The second kappa shape index (κ2) is 66.9. The second-order valence-corrected chi connectivity index (χ2v) is 30.9. The van der Waals surface area contributed by atoms with Crippen molar-refractivity contribution in [2.24, 2.45) is 11.8 Å². The maximum atomic E-state index is 13.1. The Morgan fingerprint density at radius 1 is 0.287 bits per heavy atom. The molecule has 0 aromatic heterocycles. The van der Waals surface area contributed by atoms with E-state index >= 15 is 0 Å². The van der Waals surface area contributed by atoms with Gasteiger partial charge in [0.15, 0.2) is 12.2 Å². The molecule has 94 heavy (non-hydrogen) atoms. The molecule has 5 atom stereocenters. The smallest absolute Gasteiger partial charge is 0.462 e. The van der Waals surface area contributed by atoms with Crippen molar-refractivity contribution in [3.05, 3.63) is 0 Å². The highest BCUT2D eigenvalue weighted by Gasteiger charge is 2.30. The number of ether oxygens (including phenoxy) is 4. The highest BCUT2D eigenvalue weighted by atomic mass is 31.2. The molecule has 0 aromatic carbocycles. The Morgan fingerprint density at radius 2 is 0.489 bits per heavy atom. The van der Waals surface area contributed by atoms with Gasteiger partial charge in [-0.05, 0) is 37.5 Å². The predicted octanol–water partition coefficient (Wildman–Crippen LogP) is 21.9. The monoisotopic (exact) mass is 1380 g/mol. The van der Waals surface area contributed by atoms with Gasteiger partial charge in [0.2, 0.25) is 0 Å². The third kappa shape index (κ3) is 68.6. The number of unbranched alkanes of at least 4 members (excludes halogenated alkanes) is 44. The first kappa shape index (κ1) is 92.1. The van der Waals surface area contributed by atoms with Crippen molar-refractivity contribution in [2.45, 2.75) is 407 Å². The Hall–Kier alpha value is -1.94. The van der Waals surface area contributed by atoms with Crippen LogP contribution in [-0.2, 0) is 65.4 Å². The Morgan fingerprint density at radius 3 is 0.723 bits per heavy atom. The van der Waals surface area contributed by atoms with Crippen molar-refractivity contribution < 1.29 is 80.2 Å². The Bertz CT molecular complexity index is 1820. The van der Waals surface area contributed by atoms with Gasteiger partial charge >= 0.3 is 39.5 Å². The van der Waals surface area contributed by atoms with Gasteiger partial charge in [0, 0.05) is 25.7 Å². The zero-order chi connectivity index (χ0) is 69.3. The number of rotatable bonds is 74. The lowest BCUT2D eigenvalue weighted by molar-refractivity contribution is -0.161. The summed E-state index contributed by atoms with van der Waals surface area (Å²) in [6.07, 6.45) is 54.4. The number of hydrogen-bond acceptors (Lipinski definition) is 15. The van der Waals surface area contributed by atoms with Crippen LogP contribution in [0.25, 0.3) is 0 Å². The normalized spacial score (nSPS) is 14.0. The lowest BCUT2D eigenvalue weighted by Crippen LogP contribution is -2.30. The summed E-state index contributed by atoms with van der Waals surface area (Å²) in [4.78, 5) is 72.6. The first-order valence-corrected chi connectivity index (χ1v) is 42.0. The minimum absolute atomic E-state index is 0.102. The van der Waals surface area contributed by atoms with Crippen molar-refractivity contribution in [3.8, 4) is 0 Å². The van der Waals surface area contributed by atoms with E-state index in [9.17, 15) is 43.2 Å². The summed E-state index contributed by atoms with van der Waals surface area (Å²) in [6.45, 7) is 9.51. The molecule has 0 aliphatic rings. The van der Waals surface area contributed by atoms with E-state index in [0.717, 1.165) is 95.8 Å². The van der Waals surface area contributed by atoms with Gasteiger partial charge in [-0.1, -0.05) is 337 Å². The summed E-state index contributed by atoms with van der Waals surface area (Å²) in [7, 11) is -9.90. The molecule has 0 fully saturated rings. The van der Waals surface area contributed by atoms with Gasteiger partial charge in [-0.2, -0.15) is 0 Å². The molecule has 0 radical (unpaired) electrons. The Kier molecular flexibility index (Phi) is 65.5. The zero-order valence-corrected chi connectivity index (χ0v) is 63.1. The van der Waals surface area contributed by atoms with Gasteiger partial charge in [0.05, 0.1) is 26.4 Å². The van der Waals surface area contributed by atoms with Crippen molar-refractivity contribution in [3.63, 3.8) is 0 Å². The van der Waals surface area contributed by atoms with Gasteiger partial charge in [0.25, 0.3) is 0 Å². The summed E-state index contributed by atoms with van der Waals surface area (Å²) >= 11 is 0. The standard InChI is InChI=1S/C75H146O17P2/c1-7-9-11-13-15-17-18-19-20-21-25-28-31-35-39-46-52-58-73(78)86-63-70(91-74(79)59-53-47-40-36-32-29-26-23-22-24-27-30-34-37-43-49-55-67(3)4)65-89-93(81,82)87-61-69(76)62-88-94(83,84)90-66-71(92-75(80)60-54-48-42-41-44-50-56-68(5)6)64-85-72(77)57-51-45-38-33-16-14-12-10-8-2/h67-71,76H,7-66H2,1-6H3,(H,81,82)(H,83,84)/t69-,70-,71-/m1/s1. The summed E-state index contributed by atoms with van der Waals surface area (Å²) in [5.41, 5.74) is 0. The summed E-state index contributed by atoms with van der Waals surface area (Å²) in [5, 5.41) is 10.6. The van der Waals surface area contributed by atoms with E-state index in [4.69, 9.17) is 37.0 Å². The van der Waals surface area contributed by atoms with Crippen LogP contribution < -0.4 is 0 Å². The largest absolute Gasteiger partial charge is 0.472 e. The average Bonchev–Trinajstić information content (AvgIpc) is 1.21. The van der Waals surface area contributed by atoms with Crippen molar-refractivity contribution in [1.82, 2.24) is 0 Å². The fourth-order valence-corrected chi connectivity index (χ4v) is 13.1. The number of aliphatic hydroxyl groups excluding tert-OH is 1. The quantitative estimate of drug-likeness (QED) is 0.0222. The van der Waals surface area contributed by atoms with Crippen molar-refractivity contribution in [1.29, 1.82) is 0 Å². The number of esters is 4. The van der Waals surface area contributed by atoms with Crippen molar-refractivity contribution >= 4 is 39.5 Å². The lowest BCUT2D eigenvalue weighted by Gasteiger charge is -2.21. The number of aliphatic hydroxyl groups is 1. The molecule has 0 saturated carbocycles. The van der Waals surface area contributed by atoms with Crippen LogP contribution >= 0.6 is 15.6 Å². The molecule has 558 valence electrons. The summed E-state index contributed by atoms with van der Waals surface area (Å²) < 4.78 is 68.4. The molecule has 0 saturated heterocycles. The highest BCUT2D eigenvalue weighted by Crippen LogP contribution is 2.45. The average molecular weight is 1380 g/mol. The molecule has 17 nitrogen and oxygen atoms in total. The van der Waals surface area contributed by atoms with E-state index in [1.807, 2.05) is 0 Å². The maximum absolute atomic E-state index is 13.1. The van der Waals surface area contributed by atoms with Crippen LogP contribution in [0, 0.1) is 11.8 Å². The summed E-state index contributed by atoms with van der Waals surface area (Å²) in [5.74, 6) is -0.644. The third-order valence-corrected chi connectivity index (χ3v) is 19.4. The number of hydrogen-bond donors (Lipinski definition) is 3. The van der Waals surface area contributed by atoms with Crippen LogP contribution in [0.4, 0.5) is 0 Å². The fraction of sp³-hybridized carbons (Fsp3) is 0.947. The number of phosphoric ester groups is 2. The van der Waals surface area contributed by atoms with Crippen molar-refractivity contribution in [2.75, 3.05) is 39.6 Å². The zero-order valence-electron chi connectivity index (χ0n) is 61.3. The molecule has 0 bridgehead atoms. The van der Waals surface area contributed by atoms with Crippen LogP contribution in [0.3, 0.4) is 0 Å². The molecule has 2 unspecified atom stereocenters. The van der Waals surface area contributed by atoms with Crippen LogP contribution in [0.5, 0.6) is 0 Å². The number of phosphoric acid groups is 2. The molecule has 0 aliphatic heterocycles. The molecule has 0 heterocycles. The molecular formula is C75H146O17P2. The van der Waals surface area contributed by atoms with Crippen LogP contribution in [-0.4, -0.2) is 96.7 Å². The fourth-order valence-electron chi connectivity index (χ4n) is 11.5. The molecule has 3 N–H and O–H groups in total. The Balaban J connectivity index is 5.19. The molecule has 0 aromatic rings. The SMILES string of the molecule is CCCCCCCCCCCCCCCCCCCC(=O)OC[C@H](COP(=O)(O)OC[C@@H](O)COP(=O)(O)OC[C@@H](COC(=O)CCCCCCCCCCC)OC(=O)CCCCCCCCC(C)C)OC(=O)CCCCCCCCCCCCCCCCCCC(C)C. The van der Waals surface area contributed by atoms with Crippen LogP contribution in [0.1, 0.15) is 388 Å². The highest BCUT2D eigenvalue weighted by molar-refractivity contribution is 7.47. The maximum Gasteiger partial charge on any atom is 0.472 e. The van der Waals surface area contributed by atoms with Crippen LogP contribution in [0.2, 0.25) is 0 Å². The first-order valence-electron chi connectivity index (χ1n) is 39.0. The molecule has 0 rings (SSSR count). The van der Waals surface area contributed by atoms with Crippen LogP contribution in [0.15, 0.2) is 0 Å². The van der Waals surface area contributed by atoms with Gasteiger partial charge in [-0.15, -0.1) is 0 Å². The third-order valence-electron chi connectivity index (χ3n) is 17.5. The lowest BCUT2D eigenvalue weighted by atomic mass is 10.0. The van der Waals surface area contributed by atoms with Gasteiger partial charge in [-0.3, -0.25) is 37.3 Å². The van der Waals surface area contributed by atoms with Gasteiger partial charge in [0.1, 0.15) is 19.3 Å². The second-order valence-electron chi connectivity index (χ2n) is 28.0. The topological polar surface area (TPSA) is 237 Å². The summed E-state index contributed by atoms with van der Waals surface area (Å²) in [6, 6.07) is 0. The van der Waals surface area contributed by atoms with Gasteiger partial charge < -0.3 is 33.8 Å². The molecule has 0 spiro atoms. The van der Waals surface area contributed by atoms with E-state index in [-0.39, 0.29) is 25.7 Å². The first-order chi connectivity index (χ1) is 45.4.